The third kappa shape index (κ3) is 5.02. The minimum atomic E-state index is -0.542. The standard InChI is InChI=1S/C22H27ClN2O2/c1-21(2,3)27-20(26)25-22(13-16-7-5-4-6-8-16)15-24-14-19(22)17-9-11-18(23)12-10-17/h4-12,19,24H,13-15H2,1-3H3,(H,25,26)/t19-,22+/m0/s1. The zero-order valence-electron chi connectivity index (χ0n) is 16.1. The van der Waals surface area contributed by atoms with Crippen molar-refractivity contribution in [3.63, 3.8) is 0 Å². The molecule has 2 N–H and O–H groups in total. The number of hydrogen-bond donors (Lipinski definition) is 2. The van der Waals surface area contributed by atoms with Crippen molar-refractivity contribution in [2.24, 2.45) is 0 Å². The molecule has 5 heteroatoms. The number of carbonyl (C=O) groups is 1. The molecule has 2 aromatic carbocycles. The summed E-state index contributed by atoms with van der Waals surface area (Å²) < 4.78 is 5.57. The fourth-order valence-corrected chi connectivity index (χ4v) is 3.84. The molecule has 3 rings (SSSR count). The largest absolute Gasteiger partial charge is 0.444 e. The molecule has 0 spiro atoms. The minimum Gasteiger partial charge on any atom is -0.444 e. The van der Waals surface area contributed by atoms with Gasteiger partial charge in [0.15, 0.2) is 0 Å². The van der Waals surface area contributed by atoms with Gasteiger partial charge < -0.3 is 15.4 Å². The van der Waals surface area contributed by atoms with Crippen molar-refractivity contribution < 1.29 is 9.53 Å². The maximum absolute atomic E-state index is 12.7. The van der Waals surface area contributed by atoms with Crippen molar-refractivity contribution in [1.82, 2.24) is 10.6 Å². The van der Waals surface area contributed by atoms with E-state index in [1.165, 1.54) is 5.56 Å². The Morgan fingerprint density at radius 2 is 1.85 bits per heavy atom. The smallest absolute Gasteiger partial charge is 0.408 e. The van der Waals surface area contributed by atoms with E-state index in [1.807, 2.05) is 63.2 Å². The van der Waals surface area contributed by atoms with Gasteiger partial charge in [-0.1, -0.05) is 54.1 Å². The molecule has 1 aliphatic rings. The predicted molar refractivity (Wildman–Crippen MR) is 109 cm³/mol. The van der Waals surface area contributed by atoms with Crippen LogP contribution in [0.2, 0.25) is 5.02 Å². The molecular formula is C22H27ClN2O2. The van der Waals surface area contributed by atoms with Crippen LogP contribution in [0.15, 0.2) is 54.6 Å². The third-order valence-electron chi connectivity index (χ3n) is 4.84. The van der Waals surface area contributed by atoms with Crippen LogP contribution >= 0.6 is 11.6 Å². The second kappa shape index (κ2) is 7.91. The number of rotatable bonds is 4. The molecule has 0 saturated carbocycles. The first-order valence-electron chi connectivity index (χ1n) is 9.29. The summed E-state index contributed by atoms with van der Waals surface area (Å²) in [6.07, 6.45) is 0.328. The lowest BCUT2D eigenvalue weighted by Gasteiger charge is -2.37. The third-order valence-corrected chi connectivity index (χ3v) is 5.09. The molecule has 1 heterocycles. The normalized spacial score (nSPS) is 22.4. The summed E-state index contributed by atoms with van der Waals surface area (Å²) in [5, 5.41) is 7.37. The molecule has 27 heavy (non-hydrogen) atoms. The van der Waals surface area contributed by atoms with Crippen molar-refractivity contribution in [2.45, 2.75) is 44.2 Å². The summed E-state index contributed by atoms with van der Waals surface area (Å²) in [6.45, 7) is 7.08. The maximum Gasteiger partial charge on any atom is 0.408 e. The second-order valence-electron chi connectivity index (χ2n) is 8.18. The van der Waals surface area contributed by atoms with Gasteiger partial charge in [-0.15, -0.1) is 0 Å². The van der Waals surface area contributed by atoms with Crippen LogP contribution in [-0.2, 0) is 11.2 Å². The molecule has 1 saturated heterocycles. The predicted octanol–water partition coefficient (Wildman–Crippen LogP) is 4.53. The van der Waals surface area contributed by atoms with Gasteiger partial charge in [0.2, 0.25) is 0 Å². The topological polar surface area (TPSA) is 50.4 Å². The van der Waals surface area contributed by atoms with Crippen molar-refractivity contribution >= 4 is 17.7 Å². The van der Waals surface area contributed by atoms with Crippen LogP contribution in [0.25, 0.3) is 0 Å². The molecule has 0 aromatic heterocycles. The highest BCUT2D eigenvalue weighted by atomic mass is 35.5. The Balaban J connectivity index is 1.93. The van der Waals surface area contributed by atoms with Gasteiger partial charge in [0.05, 0.1) is 5.54 Å². The van der Waals surface area contributed by atoms with E-state index in [-0.39, 0.29) is 12.0 Å². The number of hydrogen-bond acceptors (Lipinski definition) is 3. The van der Waals surface area contributed by atoms with E-state index in [9.17, 15) is 4.79 Å². The highest BCUT2D eigenvalue weighted by Crippen LogP contribution is 2.35. The lowest BCUT2D eigenvalue weighted by Crippen LogP contribution is -2.56. The van der Waals surface area contributed by atoms with Gasteiger partial charge in [-0.3, -0.25) is 0 Å². The molecule has 1 fully saturated rings. The average Bonchev–Trinajstić information content (AvgIpc) is 2.97. The number of carbonyl (C=O) groups excluding carboxylic acids is 1. The molecule has 0 bridgehead atoms. The first kappa shape index (κ1) is 19.7. The van der Waals surface area contributed by atoms with E-state index >= 15 is 0 Å². The number of nitrogens with one attached hydrogen (secondary N) is 2. The summed E-state index contributed by atoms with van der Waals surface area (Å²) in [7, 11) is 0. The monoisotopic (exact) mass is 386 g/mol. The SMILES string of the molecule is CC(C)(C)OC(=O)N[C@]1(Cc2ccccc2)CNC[C@H]1c1ccc(Cl)cc1. The first-order chi connectivity index (χ1) is 12.8. The summed E-state index contributed by atoms with van der Waals surface area (Å²) in [5.74, 6) is 0.113. The number of benzene rings is 2. The van der Waals surface area contributed by atoms with Crippen molar-refractivity contribution in [3.8, 4) is 0 Å². The van der Waals surface area contributed by atoms with E-state index in [4.69, 9.17) is 16.3 Å². The Bertz CT molecular complexity index is 771. The Kier molecular flexibility index (Phi) is 5.78. The lowest BCUT2D eigenvalue weighted by molar-refractivity contribution is 0.0453. The van der Waals surface area contributed by atoms with Crippen LogP contribution in [0.4, 0.5) is 4.79 Å². The first-order valence-corrected chi connectivity index (χ1v) is 9.66. The van der Waals surface area contributed by atoms with Gasteiger partial charge >= 0.3 is 6.09 Å². The molecule has 144 valence electrons. The Morgan fingerprint density at radius 1 is 1.19 bits per heavy atom. The molecule has 0 unspecified atom stereocenters. The van der Waals surface area contributed by atoms with E-state index in [1.54, 1.807) is 0 Å². The Labute approximate surface area is 166 Å². The Morgan fingerprint density at radius 3 is 2.48 bits per heavy atom. The van der Waals surface area contributed by atoms with Crippen LogP contribution in [0, 0.1) is 0 Å². The van der Waals surface area contributed by atoms with E-state index < -0.39 is 11.1 Å². The van der Waals surface area contributed by atoms with Gasteiger partial charge in [-0.05, 0) is 50.5 Å². The van der Waals surface area contributed by atoms with Crippen LogP contribution in [-0.4, -0.2) is 30.3 Å². The van der Waals surface area contributed by atoms with Gasteiger partial charge in [-0.2, -0.15) is 0 Å². The minimum absolute atomic E-state index is 0.113. The van der Waals surface area contributed by atoms with Gasteiger partial charge in [0.25, 0.3) is 0 Å². The van der Waals surface area contributed by atoms with Gasteiger partial charge in [0, 0.05) is 24.0 Å². The fourth-order valence-electron chi connectivity index (χ4n) is 3.72. The summed E-state index contributed by atoms with van der Waals surface area (Å²) in [4.78, 5) is 12.7. The number of amides is 1. The molecule has 4 nitrogen and oxygen atoms in total. The second-order valence-corrected chi connectivity index (χ2v) is 8.62. The molecular weight excluding hydrogens is 360 g/mol. The lowest BCUT2D eigenvalue weighted by atomic mass is 9.77. The van der Waals surface area contributed by atoms with Crippen LogP contribution in [0.1, 0.15) is 37.8 Å². The van der Waals surface area contributed by atoms with E-state index in [0.29, 0.717) is 18.0 Å². The van der Waals surface area contributed by atoms with Gasteiger partial charge in [0.1, 0.15) is 5.60 Å². The van der Waals surface area contributed by atoms with Crippen LogP contribution in [0.5, 0.6) is 0 Å². The molecule has 2 aromatic rings. The summed E-state index contributed by atoms with van der Waals surface area (Å²) >= 11 is 6.07. The van der Waals surface area contributed by atoms with E-state index in [0.717, 1.165) is 12.1 Å². The molecule has 1 amide bonds. The number of alkyl carbamates (subject to hydrolysis) is 1. The highest BCUT2D eigenvalue weighted by Gasteiger charge is 2.45. The summed E-state index contributed by atoms with van der Waals surface area (Å²) in [6, 6.07) is 18.1. The Hall–Kier alpha value is -2.04. The van der Waals surface area contributed by atoms with E-state index in [2.05, 4.69) is 22.8 Å². The van der Waals surface area contributed by atoms with Crippen molar-refractivity contribution in [2.75, 3.05) is 13.1 Å². The average molecular weight is 387 g/mol. The van der Waals surface area contributed by atoms with Crippen LogP contribution in [0.3, 0.4) is 0 Å². The fraction of sp³-hybridized carbons (Fsp3) is 0.409. The molecule has 2 atom stereocenters. The van der Waals surface area contributed by atoms with Crippen molar-refractivity contribution in [3.05, 3.63) is 70.7 Å². The zero-order valence-corrected chi connectivity index (χ0v) is 16.8. The van der Waals surface area contributed by atoms with Crippen molar-refractivity contribution in [1.29, 1.82) is 0 Å². The summed E-state index contributed by atoms with van der Waals surface area (Å²) in [5.41, 5.74) is 1.31. The molecule has 0 aliphatic carbocycles. The maximum atomic E-state index is 12.7. The molecule has 1 aliphatic heterocycles. The number of ether oxygens (including phenoxy) is 1. The van der Waals surface area contributed by atoms with Gasteiger partial charge in [-0.25, -0.2) is 4.79 Å². The highest BCUT2D eigenvalue weighted by molar-refractivity contribution is 6.30. The zero-order chi connectivity index (χ0) is 19.5. The van der Waals surface area contributed by atoms with Crippen LogP contribution < -0.4 is 10.6 Å². The molecule has 0 radical (unpaired) electrons. The quantitative estimate of drug-likeness (QED) is 0.811. The number of halogens is 1.